The number of carbonyl (C=O) groups excluding carboxylic acids is 3. The van der Waals surface area contributed by atoms with E-state index < -0.39 is 0 Å². The highest BCUT2D eigenvalue weighted by Crippen LogP contribution is 2.18. The minimum absolute atomic E-state index is 0.0278. The monoisotopic (exact) mass is 461 g/mol. The van der Waals surface area contributed by atoms with Gasteiger partial charge in [0.2, 0.25) is 5.91 Å². The van der Waals surface area contributed by atoms with Crippen molar-refractivity contribution in [1.82, 2.24) is 10.2 Å². The van der Waals surface area contributed by atoms with Crippen molar-refractivity contribution in [2.45, 2.75) is 31.7 Å². The molecule has 33 heavy (non-hydrogen) atoms. The van der Waals surface area contributed by atoms with Crippen LogP contribution in [-0.4, -0.2) is 41.8 Å². The lowest BCUT2D eigenvalue weighted by Crippen LogP contribution is -2.46. The van der Waals surface area contributed by atoms with E-state index in [2.05, 4.69) is 10.6 Å². The third-order valence-corrected chi connectivity index (χ3v) is 6.63. The fraction of sp³-hybridized carbons (Fsp3) is 0.269. The summed E-state index contributed by atoms with van der Waals surface area (Å²) in [6.45, 7) is 1.22. The summed E-state index contributed by atoms with van der Waals surface area (Å²) in [4.78, 5) is 39.8. The molecule has 7 heteroatoms. The average molecular weight is 462 g/mol. The van der Waals surface area contributed by atoms with E-state index in [9.17, 15) is 14.4 Å². The third-order valence-electron chi connectivity index (χ3n) is 5.77. The minimum atomic E-state index is -0.156. The van der Waals surface area contributed by atoms with Gasteiger partial charge in [-0.25, -0.2) is 0 Å². The zero-order valence-corrected chi connectivity index (χ0v) is 19.1. The number of piperidine rings is 1. The number of nitrogens with zero attached hydrogens (tertiary/aromatic N) is 1. The molecule has 1 aliphatic rings. The number of benzene rings is 2. The molecule has 2 aromatic carbocycles. The van der Waals surface area contributed by atoms with E-state index in [1.54, 1.807) is 30.3 Å². The van der Waals surface area contributed by atoms with Crippen LogP contribution in [0.1, 0.15) is 44.9 Å². The van der Waals surface area contributed by atoms with Gasteiger partial charge < -0.3 is 15.5 Å². The molecule has 0 bridgehead atoms. The summed E-state index contributed by atoms with van der Waals surface area (Å²) in [7, 11) is 0. The van der Waals surface area contributed by atoms with Gasteiger partial charge in [-0.3, -0.25) is 14.4 Å². The van der Waals surface area contributed by atoms with E-state index in [4.69, 9.17) is 0 Å². The summed E-state index contributed by atoms with van der Waals surface area (Å²) >= 11 is 1.38. The number of carbonyl (C=O) groups is 3. The maximum absolute atomic E-state index is 12.9. The topological polar surface area (TPSA) is 78.5 Å². The van der Waals surface area contributed by atoms with Crippen molar-refractivity contribution in [3.63, 3.8) is 0 Å². The Bertz CT molecular complexity index is 1070. The van der Waals surface area contributed by atoms with E-state index in [-0.39, 0.29) is 23.8 Å². The van der Waals surface area contributed by atoms with Gasteiger partial charge in [0.05, 0.1) is 4.88 Å². The Kier molecular flexibility index (Phi) is 7.52. The van der Waals surface area contributed by atoms with Gasteiger partial charge in [-0.15, -0.1) is 11.3 Å². The number of anilines is 1. The number of rotatable bonds is 7. The highest BCUT2D eigenvalue weighted by atomic mass is 32.1. The van der Waals surface area contributed by atoms with Crippen LogP contribution in [0.2, 0.25) is 0 Å². The molecule has 0 unspecified atom stereocenters. The average Bonchev–Trinajstić information content (AvgIpc) is 3.39. The molecule has 170 valence electrons. The number of aryl methyl sites for hydroxylation is 1. The predicted molar refractivity (Wildman–Crippen MR) is 131 cm³/mol. The molecule has 4 rings (SSSR count). The molecule has 0 spiro atoms. The Balaban J connectivity index is 1.22. The number of amides is 3. The van der Waals surface area contributed by atoms with Crippen LogP contribution in [0.15, 0.2) is 72.1 Å². The molecule has 3 amide bonds. The van der Waals surface area contributed by atoms with Gasteiger partial charge in [-0.2, -0.15) is 0 Å². The van der Waals surface area contributed by atoms with Crippen molar-refractivity contribution in [3.05, 3.63) is 88.1 Å². The molecule has 1 aliphatic heterocycles. The Morgan fingerprint density at radius 3 is 2.30 bits per heavy atom. The number of nitrogens with one attached hydrogen (secondary N) is 2. The van der Waals surface area contributed by atoms with Crippen molar-refractivity contribution in [3.8, 4) is 0 Å². The summed E-state index contributed by atoms with van der Waals surface area (Å²) in [5.41, 5.74) is 2.40. The van der Waals surface area contributed by atoms with Crippen LogP contribution in [0, 0.1) is 0 Å². The molecule has 1 saturated heterocycles. The highest BCUT2D eigenvalue weighted by molar-refractivity contribution is 7.12. The largest absolute Gasteiger partial charge is 0.353 e. The molecule has 0 atom stereocenters. The zero-order valence-electron chi connectivity index (χ0n) is 18.3. The second-order valence-electron chi connectivity index (χ2n) is 8.13. The van der Waals surface area contributed by atoms with Crippen LogP contribution in [0.25, 0.3) is 0 Å². The molecule has 0 radical (unpaired) electrons. The van der Waals surface area contributed by atoms with Crippen molar-refractivity contribution < 1.29 is 14.4 Å². The Morgan fingerprint density at radius 1 is 0.909 bits per heavy atom. The number of hydrogen-bond acceptors (Lipinski definition) is 4. The summed E-state index contributed by atoms with van der Waals surface area (Å²) < 4.78 is 0. The van der Waals surface area contributed by atoms with Crippen molar-refractivity contribution in [2.24, 2.45) is 0 Å². The van der Waals surface area contributed by atoms with Gasteiger partial charge in [0, 0.05) is 36.8 Å². The van der Waals surface area contributed by atoms with E-state index in [1.807, 2.05) is 46.7 Å². The highest BCUT2D eigenvalue weighted by Gasteiger charge is 2.24. The molecule has 3 aromatic rings. The predicted octanol–water partition coefficient (Wildman–Crippen LogP) is 4.35. The van der Waals surface area contributed by atoms with Crippen LogP contribution < -0.4 is 10.6 Å². The molecule has 6 nitrogen and oxygen atoms in total. The van der Waals surface area contributed by atoms with Gasteiger partial charge in [-0.1, -0.05) is 36.4 Å². The van der Waals surface area contributed by atoms with Gasteiger partial charge in [0.1, 0.15) is 0 Å². The summed E-state index contributed by atoms with van der Waals surface area (Å²) in [5.74, 6) is -0.124. The molecular weight excluding hydrogens is 434 g/mol. The molecule has 0 aliphatic carbocycles. The van der Waals surface area contributed by atoms with Crippen LogP contribution in [-0.2, 0) is 11.2 Å². The third kappa shape index (κ3) is 6.29. The van der Waals surface area contributed by atoms with Gasteiger partial charge in [0.15, 0.2) is 0 Å². The van der Waals surface area contributed by atoms with E-state index in [1.165, 1.54) is 11.3 Å². The van der Waals surface area contributed by atoms with Crippen LogP contribution in [0.5, 0.6) is 0 Å². The van der Waals surface area contributed by atoms with Crippen LogP contribution in [0.3, 0.4) is 0 Å². The maximum atomic E-state index is 12.9. The fourth-order valence-corrected chi connectivity index (χ4v) is 4.53. The Morgan fingerprint density at radius 2 is 1.64 bits per heavy atom. The number of likely N-dealkylation sites (tertiary alicyclic amines) is 1. The van der Waals surface area contributed by atoms with E-state index in [0.717, 1.165) is 24.8 Å². The second kappa shape index (κ2) is 10.9. The smallest absolute Gasteiger partial charge is 0.265 e. The Labute approximate surface area is 197 Å². The lowest BCUT2D eigenvalue weighted by molar-refractivity contribution is -0.122. The van der Waals surface area contributed by atoms with Crippen molar-refractivity contribution >= 4 is 34.7 Å². The first kappa shape index (κ1) is 22.7. The van der Waals surface area contributed by atoms with E-state index in [0.29, 0.717) is 35.6 Å². The van der Waals surface area contributed by atoms with Crippen LogP contribution in [0.4, 0.5) is 5.69 Å². The molecule has 2 N–H and O–H groups in total. The summed E-state index contributed by atoms with van der Waals surface area (Å²) in [5, 5.41) is 7.81. The maximum Gasteiger partial charge on any atom is 0.265 e. The minimum Gasteiger partial charge on any atom is -0.353 e. The van der Waals surface area contributed by atoms with Crippen molar-refractivity contribution in [1.29, 1.82) is 0 Å². The SMILES string of the molecule is O=C(CCc1ccccc1)NC1CCN(C(=O)c2ccc(NC(=O)c3cccs3)cc2)CC1. The molecule has 0 saturated carbocycles. The second-order valence-corrected chi connectivity index (χ2v) is 9.08. The lowest BCUT2D eigenvalue weighted by atomic mass is 10.0. The van der Waals surface area contributed by atoms with Crippen molar-refractivity contribution in [2.75, 3.05) is 18.4 Å². The molecule has 1 aromatic heterocycles. The standard InChI is InChI=1S/C26H27N3O3S/c30-24(13-8-19-5-2-1-3-6-19)27-22-14-16-29(17-15-22)26(32)20-9-11-21(12-10-20)28-25(31)23-7-4-18-33-23/h1-7,9-12,18,22H,8,13-17H2,(H,27,30)(H,28,31). The Hall–Kier alpha value is -3.45. The first-order valence-corrected chi connectivity index (χ1v) is 12.0. The first-order valence-electron chi connectivity index (χ1n) is 11.2. The summed E-state index contributed by atoms with van der Waals surface area (Å²) in [6.07, 6.45) is 2.70. The van der Waals surface area contributed by atoms with Gasteiger partial charge in [0.25, 0.3) is 11.8 Å². The molecule has 1 fully saturated rings. The first-order chi connectivity index (χ1) is 16.1. The zero-order chi connectivity index (χ0) is 23.0. The number of hydrogen-bond donors (Lipinski definition) is 2. The lowest BCUT2D eigenvalue weighted by Gasteiger charge is -2.32. The van der Waals surface area contributed by atoms with Gasteiger partial charge >= 0.3 is 0 Å². The van der Waals surface area contributed by atoms with E-state index >= 15 is 0 Å². The molecular formula is C26H27N3O3S. The normalized spacial score (nSPS) is 14.0. The van der Waals surface area contributed by atoms with Gasteiger partial charge in [-0.05, 0) is 60.5 Å². The number of thiophene rings is 1. The summed E-state index contributed by atoms with van der Waals surface area (Å²) in [6, 6.07) is 20.7. The fourth-order valence-electron chi connectivity index (χ4n) is 3.91. The molecule has 2 heterocycles. The quantitative estimate of drug-likeness (QED) is 0.549. The van der Waals surface area contributed by atoms with Crippen LogP contribution >= 0.6 is 11.3 Å².